The first-order chi connectivity index (χ1) is 9.15. The van der Waals surface area contributed by atoms with Crippen molar-refractivity contribution in [3.8, 4) is 0 Å². The lowest BCUT2D eigenvalue weighted by Crippen LogP contribution is -2.41. The lowest BCUT2D eigenvalue weighted by Gasteiger charge is -2.36. The third kappa shape index (κ3) is 3.54. The Morgan fingerprint density at radius 3 is 2.70 bits per heavy atom. The van der Waals surface area contributed by atoms with Crippen molar-refractivity contribution in [2.24, 2.45) is 12.5 Å². The van der Waals surface area contributed by atoms with E-state index in [-0.39, 0.29) is 12.4 Å². The topological polar surface area (TPSA) is 33.1 Å². The van der Waals surface area contributed by atoms with E-state index in [4.69, 9.17) is 0 Å². The van der Waals surface area contributed by atoms with Gasteiger partial charge in [0.25, 0.3) is 0 Å². The lowest BCUT2D eigenvalue weighted by molar-refractivity contribution is 0.144. The number of aromatic nitrogens is 2. The van der Waals surface area contributed by atoms with Crippen molar-refractivity contribution >= 4 is 12.4 Å². The second-order valence-electron chi connectivity index (χ2n) is 6.74. The molecule has 0 aliphatic carbocycles. The monoisotopic (exact) mass is 298 g/mol. The molecule has 1 unspecified atom stereocenters. The Balaban J connectivity index is 0.00000147. The van der Waals surface area contributed by atoms with Gasteiger partial charge in [0.05, 0.1) is 6.20 Å². The fraction of sp³-hybridized carbons (Fsp3) is 0.800. The van der Waals surface area contributed by atoms with E-state index in [1.165, 1.54) is 57.5 Å². The molecule has 1 atom stereocenters. The van der Waals surface area contributed by atoms with Gasteiger partial charge in [-0.25, -0.2) is 0 Å². The third-order valence-electron chi connectivity index (χ3n) is 4.85. The molecule has 114 valence electrons. The number of rotatable bonds is 3. The summed E-state index contributed by atoms with van der Waals surface area (Å²) in [6.45, 7) is 8.57. The zero-order valence-corrected chi connectivity index (χ0v) is 13.5. The third-order valence-corrected chi connectivity index (χ3v) is 4.85. The van der Waals surface area contributed by atoms with Crippen LogP contribution in [0.2, 0.25) is 0 Å². The van der Waals surface area contributed by atoms with Gasteiger partial charge in [-0.15, -0.1) is 12.4 Å². The number of aryl methyl sites for hydroxylation is 1. The Morgan fingerprint density at radius 2 is 2.15 bits per heavy atom. The molecule has 2 saturated heterocycles. The zero-order valence-electron chi connectivity index (χ0n) is 12.6. The van der Waals surface area contributed by atoms with E-state index in [0.717, 1.165) is 5.92 Å². The maximum atomic E-state index is 4.30. The number of nitrogens with one attached hydrogen (secondary N) is 1. The van der Waals surface area contributed by atoms with E-state index in [1.807, 2.05) is 17.9 Å². The largest absolute Gasteiger partial charge is 0.316 e. The number of hydrogen-bond acceptors (Lipinski definition) is 3. The smallest absolute Gasteiger partial charge is 0.0524 e. The first kappa shape index (κ1) is 15.8. The molecule has 0 saturated carbocycles. The molecule has 2 aliphatic heterocycles. The Morgan fingerprint density at radius 1 is 1.40 bits per heavy atom. The van der Waals surface area contributed by atoms with Crippen molar-refractivity contribution in [3.63, 3.8) is 0 Å². The summed E-state index contributed by atoms with van der Waals surface area (Å²) < 4.78 is 1.92. The van der Waals surface area contributed by atoms with Crippen LogP contribution in [0.3, 0.4) is 0 Å². The van der Waals surface area contributed by atoms with Gasteiger partial charge in [-0.3, -0.25) is 4.68 Å². The van der Waals surface area contributed by atoms with E-state index >= 15 is 0 Å². The number of hydrogen-bond donors (Lipinski definition) is 1. The molecular formula is C15H27ClN4. The molecule has 0 amide bonds. The van der Waals surface area contributed by atoms with Crippen LogP contribution in [-0.4, -0.2) is 47.4 Å². The summed E-state index contributed by atoms with van der Waals surface area (Å²) in [5.74, 6) is 0.722. The maximum absolute atomic E-state index is 4.30. The highest BCUT2D eigenvalue weighted by Crippen LogP contribution is 2.31. The fourth-order valence-electron chi connectivity index (χ4n) is 3.62. The second-order valence-corrected chi connectivity index (χ2v) is 6.74. The van der Waals surface area contributed by atoms with Crippen LogP contribution in [0.25, 0.3) is 0 Å². The van der Waals surface area contributed by atoms with Gasteiger partial charge in [0.15, 0.2) is 0 Å². The SMILES string of the molecule is Cl.Cn1cc(C2CCN(CC3(C)CCNC3)CC2)cn1. The van der Waals surface area contributed by atoms with Gasteiger partial charge >= 0.3 is 0 Å². The number of nitrogens with zero attached hydrogens (tertiary/aromatic N) is 3. The second kappa shape index (κ2) is 6.46. The molecule has 3 rings (SSSR count). The minimum Gasteiger partial charge on any atom is -0.316 e. The van der Waals surface area contributed by atoms with Crippen LogP contribution >= 0.6 is 12.4 Å². The Bertz CT molecular complexity index is 417. The quantitative estimate of drug-likeness (QED) is 0.927. The first-order valence-electron chi connectivity index (χ1n) is 7.56. The van der Waals surface area contributed by atoms with Crippen molar-refractivity contribution in [2.75, 3.05) is 32.7 Å². The molecule has 4 nitrogen and oxygen atoms in total. The molecule has 0 radical (unpaired) electrons. The fourth-order valence-corrected chi connectivity index (χ4v) is 3.62. The van der Waals surface area contributed by atoms with Crippen molar-refractivity contribution in [1.29, 1.82) is 0 Å². The van der Waals surface area contributed by atoms with Crippen LogP contribution in [0, 0.1) is 5.41 Å². The van der Waals surface area contributed by atoms with Gasteiger partial charge in [-0.1, -0.05) is 6.92 Å². The zero-order chi connectivity index (χ0) is 13.3. The van der Waals surface area contributed by atoms with Gasteiger partial charge in [-0.2, -0.15) is 5.10 Å². The summed E-state index contributed by atoms with van der Waals surface area (Å²) in [4.78, 5) is 2.67. The minimum atomic E-state index is 0. The molecule has 1 N–H and O–H groups in total. The van der Waals surface area contributed by atoms with Gasteiger partial charge in [0.2, 0.25) is 0 Å². The van der Waals surface area contributed by atoms with Crippen LogP contribution in [0.15, 0.2) is 12.4 Å². The van der Waals surface area contributed by atoms with Crippen molar-refractivity contribution in [2.45, 2.75) is 32.1 Å². The van der Waals surface area contributed by atoms with Crippen LogP contribution in [0.1, 0.15) is 37.7 Å². The van der Waals surface area contributed by atoms with Gasteiger partial charge in [-0.05, 0) is 55.8 Å². The highest BCUT2D eigenvalue weighted by atomic mass is 35.5. The summed E-state index contributed by atoms with van der Waals surface area (Å²) in [6.07, 6.45) is 8.13. The average Bonchev–Trinajstić information content (AvgIpc) is 3.00. The molecule has 1 aromatic rings. The van der Waals surface area contributed by atoms with Crippen molar-refractivity contribution in [1.82, 2.24) is 20.0 Å². The summed E-state index contributed by atoms with van der Waals surface area (Å²) in [5.41, 5.74) is 1.93. The highest BCUT2D eigenvalue weighted by molar-refractivity contribution is 5.85. The van der Waals surface area contributed by atoms with E-state index in [2.05, 4.69) is 28.4 Å². The van der Waals surface area contributed by atoms with Crippen LogP contribution in [-0.2, 0) is 7.05 Å². The molecule has 0 spiro atoms. The molecule has 3 heterocycles. The Kier molecular flexibility index (Phi) is 5.10. The molecule has 0 aromatic carbocycles. The average molecular weight is 299 g/mol. The van der Waals surface area contributed by atoms with E-state index in [1.54, 1.807) is 0 Å². The predicted molar refractivity (Wildman–Crippen MR) is 84.5 cm³/mol. The highest BCUT2D eigenvalue weighted by Gasteiger charge is 2.32. The van der Waals surface area contributed by atoms with Crippen LogP contribution < -0.4 is 5.32 Å². The van der Waals surface area contributed by atoms with Gasteiger partial charge < -0.3 is 10.2 Å². The number of likely N-dealkylation sites (tertiary alicyclic amines) is 1. The summed E-state index contributed by atoms with van der Waals surface area (Å²) >= 11 is 0. The predicted octanol–water partition coefficient (Wildman–Crippen LogP) is 2.02. The molecule has 0 bridgehead atoms. The van der Waals surface area contributed by atoms with Gasteiger partial charge in [0, 0.05) is 26.3 Å². The van der Waals surface area contributed by atoms with E-state index in [9.17, 15) is 0 Å². The first-order valence-corrected chi connectivity index (χ1v) is 7.56. The standard InChI is InChI=1S/C15H26N4.ClH/c1-15(5-6-16-11-15)12-19-7-3-13(4-8-19)14-9-17-18(2)10-14;/h9-10,13,16H,3-8,11-12H2,1-2H3;1H. The van der Waals surface area contributed by atoms with Crippen molar-refractivity contribution < 1.29 is 0 Å². The number of halogens is 1. The molecule has 5 heteroatoms. The molecule has 1 aromatic heterocycles. The van der Waals surface area contributed by atoms with Crippen LogP contribution in [0.5, 0.6) is 0 Å². The van der Waals surface area contributed by atoms with E-state index in [0.29, 0.717) is 5.41 Å². The summed E-state index contributed by atoms with van der Waals surface area (Å²) in [6, 6.07) is 0. The molecule has 2 aliphatic rings. The lowest BCUT2D eigenvalue weighted by atomic mass is 9.86. The molecule has 2 fully saturated rings. The Hall–Kier alpha value is -0.580. The van der Waals surface area contributed by atoms with E-state index < -0.39 is 0 Å². The maximum Gasteiger partial charge on any atom is 0.0524 e. The number of piperidine rings is 1. The molecule has 20 heavy (non-hydrogen) atoms. The normalized spacial score (nSPS) is 28.5. The van der Waals surface area contributed by atoms with Crippen molar-refractivity contribution in [3.05, 3.63) is 18.0 Å². The Labute approximate surface area is 128 Å². The van der Waals surface area contributed by atoms with Gasteiger partial charge in [0.1, 0.15) is 0 Å². The molecular weight excluding hydrogens is 272 g/mol. The summed E-state index contributed by atoms with van der Waals surface area (Å²) in [5, 5.41) is 7.80. The van der Waals surface area contributed by atoms with Crippen LogP contribution in [0.4, 0.5) is 0 Å². The summed E-state index contributed by atoms with van der Waals surface area (Å²) in [7, 11) is 2.01. The minimum absolute atomic E-state index is 0.